The highest BCUT2D eigenvalue weighted by Gasteiger charge is 2.15. The van der Waals surface area contributed by atoms with Crippen molar-refractivity contribution in [1.82, 2.24) is 0 Å². The summed E-state index contributed by atoms with van der Waals surface area (Å²) >= 11 is 0. The fourth-order valence-corrected chi connectivity index (χ4v) is 3.73. The summed E-state index contributed by atoms with van der Waals surface area (Å²) in [5, 5.41) is 12.1. The Morgan fingerprint density at radius 3 is 2.14 bits per heavy atom. The standard InChI is InChI=1S/C27H25NO/c1-20(19-21(2)29)22-15-17-25(18-16-22)28(24-11-4-3-5-12-24)27-14-8-10-23-9-6-7-13-26(23)27/h3-18,21,29H,1,19H2,2H3. The van der Waals surface area contributed by atoms with Gasteiger partial charge >= 0.3 is 0 Å². The molecule has 0 saturated heterocycles. The Morgan fingerprint density at radius 2 is 1.41 bits per heavy atom. The SMILES string of the molecule is C=C(CC(C)O)c1ccc(N(c2ccccc2)c2cccc3ccccc23)cc1. The molecule has 0 spiro atoms. The molecular formula is C27H25NO. The first-order chi connectivity index (χ1) is 14.1. The number of anilines is 3. The number of hydrogen-bond donors (Lipinski definition) is 1. The average molecular weight is 380 g/mol. The van der Waals surface area contributed by atoms with Gasteiger partial charge in [-0.25, -0.2) is 0 Å². The van der Waals surface area contributed by atoms with Crippen molar-refractivity contribution in [2.75, 3.05) is 4.90 Å². The molecule has 1 unspecified atom stereocenters. The zero-order chi connectivity index (χ0) is 20.2. The lowest BCUT2D eigenvalue weighted by Crippen LogP contribution is -2.10. The monoisotopic (exact) mass is 379 g/mol. The van der Waals surface area contributed by atoms with Crippen LogP contribution >= 0.6 is 0 Å². The zero-order valence-electron chi connectivity index (χ0n) is 16.6. The molecule has 0 aliphatic heterocycles. The average Bonchev–Trinajstić information content (AvgIpc) is 2.75. The van der Waals surface area contributed by atoms with Crippen LogP contribution in [0.2, 0.25) is 0 Å². The second kappa shape index (κ2) is 8.34. The van der Waals surface area contributed by atoms with E-state index in [1.165, 1.54) is 10.8 Å². The van der Waals surface area contributed by atoms with Gasteiger partial charge in [0.2, 0.25) is 0 Å². The number of rotatable bonds is 6. The fourth-order valence-electron chi connectivity index (χ4n) is 3.73. The van der Waals surface area contributed by atoms with Crippen LogP contribution in [0.5, 0.6) is 0 Å². The Kier molecular flexibility index (Phi) is 5.46. The van der Waals surface area contributed by atoms with Crippen LogP contribution in [0, 0.1) is 0 Å². The molecule has 144 valence electrons. The van der Waals surface area contributed by atoms with Crippen LogP contribution < -0.4 is 4.90 Å². The van der Waals surface area contributed by atoms with E-state index >= 15 is 0 Å². The van der Waals surface area contributed by atoms with Crippen LogP contribution in [0.1, 0.15) is 18.9 Å². The van der Waals surface area contributed by atoms with Crippen molar-refractivity contribution >= 4 is 33.4 Å². The summed E-state index contributed by atoms with van der Waals surface area (Å²) in [4.78, 5) is 2.28. The molecule has 0 aliphatic rings. The molecule has 0 aliphatic carbocycles. The van der Waals surface area contributed by atoms with Crippen LogP contribution in [0.3, 0.4) is 0 Å². The van der Waals surface area contributed by atoms with Gasteiger partial charge in [0.05, 0.1) is 11.8 Å². The van der Waals surface area contributed by atoms with Gasteiger partial charge < -0.3 is 10.0 Å². The van der Waals surface area contributed by atoms with Crippen molar-refractivity contribution in [2.24, 2.45) is 0 Å². The summed E-state index contributed by atoms with van der Waals surface area (Å²) in [6.07, 6.45) is 0.184. The van der Waals surface area contributed by atoms with Crippen molar-refractivity contribution < 1.29 is 5.11 Å². The smallest absolute Gasteiger partial charge is 0.0552 e. The molecule has 0 heterocycles. The third kappa shape index (κ3) is 4.08. The number of nitrogens with zero attached hydrogens (tertiary/aromatic N) is 1. The number of fused-ring (bicyclic) bond motifs is 1. The van der Waals surface area contributed by atoms with E-state index in [4.69, 9.17) is 0 Å². The largest absolute Gasteiger partial charge is 0.393 e. The molecule has 2 nitrogen and oxygen atoms in total. The van der Waals surface area contributed by atoms with Gasteiger partial charge in [0, 0.05) is 16.8 Å². The molecule has 4 aromatic rings. The van der Waals surface area contributed by atoms with E-state index in [-0.39, 0.29) is 0 Å². The van der Waals surface area contributed by atoms with Gasteiger partial charge in [-0.15, -0.1) is 0 Å². The Bertz CT molecular complexity index is 1110. The van der Waals surface area contributed by atoms with Gasteiger partial charge in [0.25, 0.3) is 0 Å². The lowest BCUT2D eigenvalue weighted by atomic mass is 10.0. The topological polar surface area (TPSA) is 23.5 Å². The second-order valence-corrected chi connectivity index (χ2v) is 7.37. The van der Waals surface area contributed by atoms with Crippen molar-refractivity contribution in [3.8, 4) is 0 Å². The molecule has 0 fully saturated rings. The quantitative estimate of drug-likeness (QED) is 0.386. The lowest BCUT2D eigenvalue weighted by Gasteiger charge is -2.27. The van der Waals surface area contributed by atoms with Gasteiger partial charge in [-0.1, -0.05) is 73.3 Å². The molecule has 4 rings (SSSR count). The normalized spacial score (nSPS) is 11.9. The Balaban J connectivity index is 1.81. The lowest BCUT2D eigenvalue weighted by molar-refractivity contribution is 0.201. The molecule has 0 amide bonds. The predicted octanol–water partition coefficient (Wildman–Crippen LogP) is 7.09. The first-order valence-electron chi connectivity index (χ1n) is 9.93. The Labute approximate surface area is 172 Å². The third-order valence-corrected chi connectivity index (χ3v) is 5.10. The van der Waals surface area contributed by atoms with Gasteiger partial charge in [0.1, 0.15) is 0 Å². The van der Waals surface area contributed by atoms with Crippen LogP contribution in [-0.4, -0.2) is 11.2 Å². The van der Waals surface area contributed by atoms with E-state index in [0.29, 0.717) is 6.42 Å². The minimum atomic E-state index is -0.390. The van der Waals surface area contributed by atoms with Crippen LogP contribution in [-0.2, 0) is 0 Å². The summed E-state index contributed by atoms with van der Waals surface area (Å²) in [7, 11) is 0. The molecular weight excluding hydrogens is 354 g/mol. The molecule has 2 heteroatoms. The fraction of sp³-hybridized carbons (Fsp3) is 0.111. The minimum absolute atomic E-state index is 0.390. The Morgan fingerprint density at radius 1 is 0.793 bits per heavy atom. The van der Waals surface area contributed by atoms with E-state index in [9.17, 15) is 5.11 Å². The highest BCUT2D eigenvalue weighted by molar-refractivity contribution is 5.98. The van der Waals surface area contributed by atoms with Gasteiger partial charge in [-0.05, 0) is 60.2 Å². The molecule has 0 saturated carbocycles. The van der Waals surface area contributed by atoms with E-state index in [2.05, 4.69) is 102 Å². The third-order valence-electron chi connectivity index (χ3n) is 5.10. The number of hydrogen-bond acceptors (Lipinski definition) is 2. The van der Waals surface area contributed by atoms with E-state index in [1.54, 1.807) is 6.92 Å². The van der Waals surface area contributed by atoms with Crippen molar-refractivity contribution in [2.45, 2.75) is 19.4 Å². The van der Waals surface area contributed by atoms with Crippen molar-refractivity contribution in [3.63, 3.8) is 0 Å². The molecule has 1 atom stereocenters. The molecule has 29 heavy (non-hydrogen) atoms. The summed E-state index contributed by atoms with van der Waals surface area (Å²) in [5.74, 6) is 0. The van der Waals surface area contributed by atoms with Crippen molar-refractivity contribution in [1.29, 1.82) is 0 Å². The maximum Gasteiger partial charge on any atom is 0.0552 e. The zero-order valence-corrected chi connectivity index (χ0v) is 16.6. The van der Waals surface area contributed by atoms with E-state index in [0.717, 1.165) is 28.2 Å². The van der Waals surface area contributed by atoms with Crippen molar-refractivity contribution in [3.05, 3.63) is 109 Å². The summed E-state index contributed by atoms with van der Waals surface area (Å²) < 4.78 is 0. The number of aliphatic hydroxyl groups excluding tert-OH is 1. The summed E-state index contributed by atoms with van der Waals surface area (Å²) in [6.45, 7) is 5.91. The van der Waals surface area contributed by atoms with Gasteiger partial charge in [0.15, 0.2) is 0 Å². The second-order valence-electron chi connectivity index (χ2n) is 7.37. The molecule has 0 bridgehead atoms. The van der Waals surface area contributed by atoms with E-state index in [1.807, 2.05) is 6.07 Å². The predicted molar refractivity (Wildman–Crippen MR) is 124 cm³/mol. The number of aliphatic hydroxyl groups is 1. The minimum Gasteiger partial charge on any atom is -0.393 e. The molecule has 1 N–H and O–H groups in total. The number of benzene rings is 4. The maximum atomic E-state index is 9.66. The summed E-state index contributed by atoms with van der Waals surface area (Å²) in [5.41, 5.74) is 5.34. The maximum absolute atomic E-state index is 9.66. The molecule has 0 radical (unpaired) electrons. The first kappa shape index (κ1) is 19.0. The van der Waals surface area contributed by atoms with Gasteiger partial charge in [-0.3, -0.25) is 0 Å². The van der Waals surface area contributed by atoms with Gasteiger partial charge in [-0.2, -0.15) is 0 Å². The highest BCUT2D eigenvalue weighted by atomic mass is 16.3. The summed E-state index contributed by atoms with van der Waals surface area (Å²) in [6, 6.07) is 33.7. The highest BCUT2D eigenvalue weighted by Crippen LogP contribution is 2.38. The number of para-hydroxylation sites is 1. The molecule has 0 aromatic heterocycles. The van der Waals surface area contributed by atoms with Crippen LogP contribution in [0.25, 0.3) is 16.3 Å². The Hall–Kier alpha value is -3.36. The first-order valence-corrected chi connectivity index (χ1v) is 9.93. The molecule has 4 aromatic carbocycles. The van der Waals surface area contributed by atoms with Crippen LogP contribution in [0.4, 0.5) is 17.1 Å². The van der Waals surface area contributed by atoms with Crippen LogP contribution in [0.15, 0.2) is 104 Å². The van der Waals surface area contributed by atoms with E-state index < -0.39 is 6.10 Å².